The Balaban J connectivity index is 1.13. The first-order valence-electron chi connectivity index (χ1n) is 14.2. The normalized spacial score (nSPS) is 42.7. The number of allylic oxidation sites excluding steroid dienone is 1. The van der Waals surface area contributed by atoms with Crippen molar-refractivity contribution in [2.24, 2.45) is 11.3 Å². The monoisotopic (exact) mass is 482 g/mol. The molecule has 3 aliphatic carbocycles. The highest BCUT2D eigenvalue weighted by Gasteiger charge is 2.66. The fraction of sp³-hybridized carbons (Fsp3) is 0.594. The maximum atomic E-state index is 10.3. The molecular weight excluding hydrogens is 444 g/mol. The highest BCUT2D eigenvalue weighted by molar-refractivity contribution is 5.82. The zero-order valence-electron chi connectivity index (χ0n) is 21.7. The minimum atomic E-state index is -0.503. The van der Waals surface area contributed by atoms with Gasteiger partial charge >= 0.3 is 0 Å². The highest BCUT2D eigenvalue weighted by Crippen LogP contribution is 2.69. The lowest BCUT2D eigenvalue weighted by molar-refractivity contribution is -0.157. The Morgan fingerprint density at radius 2 is 1.94 bits per heavy atom. The summed E-state index contributed by atoms with van der Waals surface area (Å²) < 4.78 is 7.48. The molecule has 2 saturated carbocycles. The second kappa shape index (κ2) is 7.09. The lowest BCUT2D eigenvalue weighted by Gasteiger charge is -2.56. The third kappa shape index (κ3) is 2.84. The topological polar surface area (TPSA) is 45.6 Å². The molecule has 3 aliphatic heterocycles. The third-order valence-electron chi connectivity index (χ3n) is 11.3. The van der Waals surface area contributed by atoms with E-state index >= 15 is 0 Å². The molecule has 2 aromatic rings. The van der Waals surface area contributed by atoms with Crippen molar-refractivity contribution >= 4 is 10.8 Å². The van der Waals surface area contributed by atoms with E-state index in [4.69, 9.17) is 4.74 Å². The summed E-state index contributed by atoms with van der Waals surface area (Å²) in [7, 11) is 0. The smallest absolute Gasteiger partial charge is 0.0974 e. The quantitative estimate of drug-likeness (QED) is 0.578. The molecule has 1 aromatic heterocycles. The van der Waals surface area contributed by atoms with Crippen LogP contribution in [0.1, 0.15) is 76.7 Å². The third-order valence-corrected chi connectivity index (χ3v) is 11.3. The number of nitrogens with zero attached hydrogens (tertiary/aromatic N) is 2. The lowest BCUT2D eigenvalue weighted by atomic mass is 9.58. The predicted octanol–water partition coefficient (Wildman–Crippen LogP) is 5.91. The molecule has 188 valence electrons. The summed E-state index contributed by atoms with van der Waals surface area (Å²) in [4.78, 5) is 6.89. The van der Waals surface area contributed by atoms with Crippen LogP contribution in [0.15, 0.2) is 60.0 Å². The Morgan fingerprint density at radius 3 is 2.81 bits per heavy atom. The summed E-state index contributed by atoms with van der Waals surface area (Å²) in [5, 5.41) is 12.9. The number of aliphatic hydroxyl groups is 1. The van der Waals surface area contributed by atoms with Crippen LogP contribution in [0, 0.1) is 11.3 Å². The minimum absolute atomic E-state index is 0.0767. The standard InChI is InChI=1S/C32H38N2O2/c1-29(35)19-34(20-29)26-6-5-24-16-25-9-11-30(2)27(22-4-3-21-10-14-33-18-23(21)15-22)7-8-28(30)32(25)13-12-31(24,17-26)36-32/h3-4,9-10,14-16,18,26-28,35H,5-8,11-13,17,19-20H2,1-2H3/t26-,27-,28-,30?,31-,32-/m1/s1. The molecule has 0 amide bonds. The number of hydrogen-bond donors (Lipinski definition) is 1. The van der Waals surface area contributed by atoms with Crippen molar-refractivity contribution < 1.29 is 9.84 Å². The second-order valence-corrected chi connectivity index (χ2v) is 13.5. The van der Waals surface area contributed by atoms with Crippen LogP contribution in [0.25, 0.3) is 10.8 Å². The number of benzene rings is 1. The van der Waals surface area contributed by atoms with Gasteiger partial charge in [0.05, 0.1) is 16.8 Å². The van der Waals surface area contributed by atoms with Gasteiger partial charge < -0.3 is 9.84 Å². The average molecular weight is 483 g/mol. The first kappa shape index (κ1) is 22.0. The van der Waals surface area contributed by atoms with Crippen LogP contribution in [-0.4, -0.2) is 50.9 Å². The zero-order valence-corrected chi connectivity index (χ0v) is 21.7. The highest BCUT2D eigenvalue weighted by atomic mass is 16.5. The zero-order chi connectivity index (χ0) is 24.3. The van der Waals surface area contributed by atoms with E-state index in [9.17, 15) is 5.11 Å². The number of pyridine rings is 1. The number of likely N-dealkylation sites (tertiary alicyclic amines) is 1. The van der Waals surface area contributed by atoms with Gasteiger partial charge in [0.2, 0.25) is 0 Å². The molecule has 6 atom stereocenters. The molecule has 4 fully saturated rings. The number of aromatic nitrogens is 1. The Hall–Kier alpha value is -2.01. The van der Waals surface area contributed by atoms with E-state index in [0.29, 0.717) is 17.9 Å². The number of fused-ring (bicyclic) bond motifs is 2. The van der Waals surface area contributed by atoms with Crippen molar-refractivity contribution in [2.75, 3.05) is 13.1 Å². The van der Waals surface area contributed by atoms with Crippen LogP contribution in [0.4, 0.5) is 0 Å². The predicted molar refractivity (Wildman–Crippen MR) is 142 cm³/mol. The lowest BCUT2D eigenvalue weighted by Crippen LogP contribution is -2.65. The Kier molecular flexibility index (Phi) is 4.34. The Labute approximate surface area is 214 Å². The van der Waals surface area contributed by atoms with E-state index in [-0.39, 0.29) is 16.6 Å². The first-order valence-corrected chi connectivity index (χ1v) is 14.2. The molecular formula is C32H38N2O2. The Morgan fingerprint density at radius 1 is 1.06 bits per heavy atom. The van der Waals surface area contributed by atoms with Crippen LogP contribution < -0.4 is 0 Å². The maximum absolute atomic E-state index is 10.3. The molecule has 2 bridgehead atoms. The molecule has 1 N–H and O–H groups in total. The Bertz CT molecular complexity index is 1320. The molecule has 1 aromatic carbocycles. The van der Waals surface area contributed by atoms with Crippen molar-refractivity contribution in [3.8, 4) is 0 Å². The van der Waals surface area contributed by atoms with E-state index in [2.05, 4.69) is 53.2 Å². The van der Waals surface area contributed by atoms with Crippen molar-refractivity contribution in [1.82, 2.24) is 9.88 Å². The SMILES string of the molecule is CC1(O)CN([C@@H]2CCC3=CC4=CCC5(C)[C@@H](c6ccc7ccncc7c6)CC[C@H]5[C@@]45CC[C@]3(C2)O5)C1. The number of β-amino-alcohol motifs (C(OH)–C–C–N with tert-alkyl or cyclic N) is 1. The van der Waals surface area contributed by atoms with Gasteiger partial charge in [0.25, 0.3) is 0 Å². The molecule has 2 spiro atoms. The largest absolute Gasteiger partial charge is 0.388 e. The summed E-state index contributed by atoms with van der Waals surface area (Å²) in [6.45, 7) is 6.16. The molecule has 6 aliphatic rings. The molecule has 4 heteroatoms. The van der Waals surface area contributed by atoms with Gasteiger partial charge in [-0.05, 0) is 110 Å². The van der Waals surface area contributed by atoms with E-state index in [1.807, 2.05) is 19.3 Å². The van der Waals surface area contributed by atoms with Gasteiger partial charge in [0, 0.05) is 36.9 Å². The second-order valence-electron chi connectivity index (χ2n) is 13.5. The van der Waals surface area contributed by atoms with Gasteiger partial charge in [-0.3, -0.25) is 9.88 Å². The van der Waals surface area contributed by atoms with Gasteiger partial charge in [-0.1, -0.05) is 31.2 Å². The van der Waals surface area contributed by atoms with E-state index in [1.165, 1.54) is 41.2 Å². The van der Waals surface area contributed by atoms with Gasteiger partial charge in [0.1, 0.15) is 0 Å². The van der Waals surface area contributed by atoms with E-state index in [0.717, 1.165) is 45.2 Å². The summed E-state index contributed by atoms with van der Waals surface area (Å²) in [6, 6.07) is 9.73. The van der Waals surface area contributed by atoms with Crippen molar-refractivity contribution in [3.05, 3.63) is 65.5 Å². The van der Waals surface area contributed by atoms with E-state index < -0.39 is 5.60 Å². The van der Waals surface area contributed by atoms with Crippen molar-refractivity contribution in [2.45, 2.75) is 94.0 Å². The van der Waals surface area contributed by atoms with Crippen LogP contribution in [-0.2, 0) is 4.74 Å². The average Bonchev–Trinajstić information content (AvgIpc) is 3.37. The first-order chi connectivity index (χ1) is 17.3. The number of ether oxygens (including phenoxy) is 1. The van der Waals surface area contributed by atoms with Crippen LogP contribution in [0.3, 0.4) is 0 Å². The van der Waals surface area contributed by atoms with Crippen LogP contribution >= 0.6 is 0 Å². The fourth-order valence-corrected chi connectivity index (χ4v) is 9.65. The minimum Gasteiger partial charge on any atom is -0.388 e. The summed E-state index contributed by atoms with van der Waals surface area (Å²) in [5.74, 6) is 1.13. The molecule has 4 heterocycles. The van der Waals surface area contributed by atoms with Crippen molar-refractivity contribution in [1.29, 1.82) is 0 Å². The summed E-state index contributed by atoms with van der Waals surface area (Å²) >= 11 is 0. The van der Waals surface area contributed by atoms with Gasteiger partial charge in [0.15, 0.2) is 0 Å². The summed E-state index contributed by atoms with van der Waals surface area (Å²) in [6.07, 6.45) is 18.5. The maximum Gasteiger partial charge on any atom is 0.0974 e. The van der Waals surface area contributed by atoms with Gasteiger partial charge in [-0.15, -0.1) is 0 Å². The summed E-state index contributed by atoms with van der Waals surface area (Å²) in [5.41, 5.74) is 4.08. The number of hydrogen-bond acceptors (Lipinski definition) is 4. The van der Waals surface area contributed by atoms with Crippen LogP contribution in [0.2, 0.25) is 0 Å². The molecule has 8 rings (SSSR count). The molecule has 4 nitrogen and oxygen atoms in total. The molecule has 1 unspecified atom stereocenters. The molecule has 36 heavy (non-hydrogen) atoms. The molecule has 0 radical (unpaired) electrons. The number of rotatable bonds is 2. The molecule has 2 saturated heterocycles. The van der Waals surface area contributed by atoms with Gasteiger partial charge in [-0.2, -0.15) is 0 Å². The van der Waals surface area contributed by atoms with Gasteiger partial charge in [-0.25, -0.2) is 0 Å². The van der Waals surface area contributed by atoms with Crippen molar-refractivity contribution in [3.63, 3.8) is 0 Å². The van der Waals surface area contributed by atoms with Crippen LogP contribution in [0.5, 0.6) is 0 Å². The van der Waals surface area contributed by atoms with E-state index in [1.54, 1.807) is 5.57 Å². The fourth-order valence-electron chi connectivity index (χ4n) is 9.65.